The summed E-state index contributed by atoms with van der Waals surface area (Å²) in [4.78, 5) is 11.9. The van der Waals surface area contributed by atoms with Crippen LogP contribution in [0.1, 0.15) is 23.0 Å². The number of methoxy groups -OCH3 is 1. The molecule has 1 aromatic rings. The van der Waals surface area contributed by atoms with Crippen molar-refractivity contribution in [2.45, 2.75) is 24.3 Å². The van der Waals surface area contributed by atoms with Crippen molar-refractivity contribution in [2.24, 2.45) is 7.05 Å². The van der Waals surface area contributed by atoms with Gasteiger partial charge in [0.05, 0.1) is 7.11 Å². The highest BCUT2D eigenvalue weighted by Crippen LogP contribution is 2.23. The second-order valence-electron chi connectivity index (χ2n) is 4.56. The predicted octanol–water partition coefficient (Wildman–Crippen LogP) is 1.39. The number of rotatable bonds is 7. The van der Waals surface area contributed by atoms with Crippen LogP contribution in [0.3, 0.4) is 0 Å². The second kappa shape index (κ2) is 6.73. The van der Waals surface area contributed by atoms with Crippen molar-refractivity contribution in [2.75, 3.05) is 7.11 Å². The summed E-state index contributed by atoms with van der Waals surface area (Å²) in [6, 6.07) is -0.423. The minimum atomic E-state index is -3.77. The van der Waals surface area contributed by atoms with E-state index in [9.17, 15) is 13.2 Å². The smallest absolute Gasteiger partial charge is 0.355 e. The van der Waals surface area contributed by atoms with Crippen molar-refractivity contribution in [1.82, 2.24) is 9.29 Å². The quantitative estimate of drug-likeness (QED) is 0.610. The highest BCUT2D eigenvalue weighted by Gasteiger charge is 2.28. The van der Waals surface area contributed by atoms with Gasteiger partial charge in [0.15, 0.2) is 0 Å². The maximum atomic E-state index is 12.4. The van der Waals surface area contributed by atoms with Crippen LogP contribution in [0.25, 0.3) is 0 Å². The number of aryl methyl sites for hydroxylation is 1. The molecule has 1 heterocycles. The lowest BCUT2D eigenvalue weighted by Gasteiger charge is -2.10. The number of ether oxygens (including phenoxy) is 1. The molecule has 1 unspecified atom stereocenters. The first kappa shape index (κ1) is 17.2. The number of carbonyl (C=O) groups is 1. The van der Waals surface area contributed by atoms with Crippen molar-refractivity contribution in [3.8, 4) is 0 Å². The SMILES string of the molecule is C=CCc1c(S(=O)(=O)NC(C)C=C)cn(C)c1C(=O)OC. The van der Waals surface area contributed by atoms with Crippen molar-refractivity contribution < 1.29 is 17.9 Å². The summed E-state index contributed by atoms with van der Waals surface area (Å²) < 4.78 is 33.5. The first-order chi connectivity index (χ1) is 9.78. The molecule has 0 amide bonds. The Labute approximate surface area is 125 Å². The zero-order valence-corrected chi connectivity index (χ0v) is 13.2. The average molecular weight is 312 g/mol. The number of hydrogen-bond acceptors (Lipinski definition) is 4. The average Bonchev–Trinajstić information content (AvgIpc) is 2.75. The number of carbonyl (C=O) groups excluding carboxylic acids is 1. The number of esters is 1. The number of nitrogens with zero attached hydrogens (tertiary/aromatic N) is 1. The van der Waals surface area contributed by atoms with Crippen molar-refractivity contribution in [3.05, 3.63) is 42.8 Å². The standard InChI is InChI=1S/C14H20N2O4S/c1-6-8-11-12(21(18,19)15-10(3)7-2)9-16(4)13(11)14(17)20-5/h6-7,9-10,15H,1-2,8H2,3-5H3. The first-order valence-electron chi connectivity index (χ1n) is 6.30. The molecule has 0 aromatic carbocycles. The highest BCUT2D eigenvalue weighted by atomic mass is 32.2. The second-order valence-corrected chi connectivity index (χ2v) is 6.24. The minimum absolute atomic E-state index is 0.0407. The minimum Gasteiger partial charge on any atom is -0.464 e. The van der Waals surface area contributed by atoms with Gasteiger partial charge < -0.3 is 9.30 Å². The monoisotopic (exact) mass is 312 g/mol. The number of allylic oxidation sites excluding steroid dienone is 1. The molecular formula is C14H20N2O4S. The Kier molecular flexibility index (Phi) is 5.51. The molecule has 7 heteroatoms. The van der Waals surface area contributed by atoms with Gasteiger partial charge in [-0.2, -0.15) is 0 Å². The van der Waals surface area contributed by atoms with Crippen LogP contribution in [0.15, 0.2) is 36.4 Å². The third-order valence-electron chi connectivity index (χ3n) is 2.96. The van der Waals surface area contributed by atoms with E-state index in [4.69, 9.17) is 4.74 Å². The number of sulfonamides is 1. The van der Waals surface area contributed by atoms with Gasteiger partial charge in [-0.1, -0.05) is 12.2 Å². The molecule has 0 bridgehead atoms. The Balaban J connectivity index is 3.46. The third kappa shape index (κ3) is 3.62. The van der Waals surface area contributed by atoms with Gasteiger partial charge in [0.25, 0.3) is 0 Å². The van der Waals surface area contributed by atoms with Crippen LogP contribution in [-0.2, 0) is 28.2 Å². The molecule has 0 saturated carbocycles. The van der Waals surface area contributed by atoms with Gasteiger partial charge in [0.2, 0.25) is 10.0 Å². The van der Waals surface area contributed by atoms with Gasteiger partial charge in [-0.05, 0) is 13.3 Å². The third-order valence-corrected chi connectivity index (χ3v) is 4.57. The molecule has 1 N–H and O–H groups in total. The fraction of sp³-hybridized carbons (Fsp3) is 0.357. The number of nitrogens with one attached hydrogen (secondary N) is 1. The van der Waals surface area contributed by atoms with Gasteiger partial charge in [0, 0.05) is 24.8 Å². The lowest BCUT2D eigenvalue weighted by Crippen LogP contribution is -2.31. The van der Waals surface area contributed by atoms with Crippen LogP contribution < -0.4 is 4.72 Å². The molecule has 0 spiro atoms. The summed E-state index contributed by atoms with van der Waals surface area (Å²) in [6.45, 7) is 8.81. The van der Waals surface area contributed by atoms with Gasteiger partial charge in [-0.25, -0.2) is 17.9 Å². The van der Waals surface area contributed by atoms with E-state index in [0.29, 0.717) is 5.56 Å². The number of aromatic nitrogens is 1. The summed E-state index contributed by atoms with van der Waals surface area (Å²) in [7, 11) is -0.924. The van der Waals surface area contributed by atoms with E-state index in [1.54, 1.807) is 14.0 Å². The molecule has 0 aliphatic carbocycles. The van der Waals surface area contributed by atoms with Crippen LogP contribution in [0.2, 0.25) is 0 Å². The lowest BCUT2D eigenvalue weighted by molar-refractivity contribution is 0.0588. The molecule has 1 rings (SSSR count). The van der Waals surface area contributed by atoms with Crippen LogP contribution in [0, 0.1) is 0 Å². The predicted molar refractivity (Wildman–Crippen MR) is 80.6 cm³/mol. The van der Waals surface area contributed by atoms with Crippen LogP contribution >= 0.6 is 0 Å². The van der Waals surface area contributed by atoms with Crippen LogP contribution in [-0.4, -0.2) is 32.1 Å². The summed E-state index contributed by atoms with van der Waals surface area (Å²) in [5.74, 6) is -0.590. The fourth-order valence-corrected chi connectivity index (χ4v) is 3.46. The summed E-state index contributed by atoms with van der Waals surface area (Å²) in [6.07, 6.45) is 4.65. The first-order valence-corrected chi connectivity index (χ1v) is 7.79. The van der Waals surface area contributed by atoms with E-state index in [1.807, 2.05) is 0 Å². The molecule has 21 heavy (non-hydrogen) atoms. The van der Waals surface area contributed by atoms with E-state index in [1.165, 1.54) is 30.0 Å². The zero-order chi connectivity index (χ0) is 16.2. The Hall–Kier alpha value is -1.86. The van der Waals surface area contributed by atoms with E-state index < -0.39 is 22.0 Å². The molecule has 6 nitrogen and oxygen atoms in total. The molecule has 0 fully saturated rings. The van der Waals surface area contributed by atoms with E-state index >= 15 is 0 Å². The van der Waals surface area contributed by atoms with Gasteiger partial charge in [0.1, 0.15) is 10.6 Å². The molecule has 0 radical (unpaired) electrons. The largest absolute Gasteiger partial charge is 0.464 e. The van der Waals surface area contributed by atoms with E-state index in [2.05, 4.69) is 17.9 Å². The molecule has 0 aliphatic heterocycles. The molecular weight excluding hydrogens is 292 g/mol. The fourth-order valence-electron chi connectivity index (χ4n) is 1.94. The summed E-state index contributed by atoms with van der Waals surface area (Å²) in [5, 5.41) is 0. The van der Waals surface area contributed by atoms with Crippen molar-refractivity contribution in [3.63, 3.8) is 0 Å². The normalized spacial score (nSPS) is 12.7. The van der Waals surface area contributed by atoms with Gasteiger partial charge >= 0.3 is 5.97 Å². The zero-order valence-electron chi connectivity index (χ0n) is 12.4. The maximum absolute atomic E-state index is 12.4. The van der Waals surface area contributed by atoms with Gasteiger partial charge in [-0.3, -0.25) is 0 Å². The topological polar surface area (TPSA) is 77.4 Å². The molecule has 0 saturated heterocycles. The van der Waals surface area contributed by atoms with Crippen molar-refractivity contribution in [1.29, 1.82) is 0 Å². The lowest BCUT2D eigenvalue weighted by atomic mass is 10.2. The Morgan fingerprint density at radius 2 is 2.14 bits per heavy atom. The Bertz CT molecular complexity index is 659. The summed E-state index contributed by atoms with van der Waals surface area (Å²) >= 11 is 0. The Morgan fingerprint density at radius 3 is 2.62 bits per heavy atom. The number of hydrogen-bond donors (Lipinski definition) is 1. The van der Waals surface area contributed by atoms with Crippen LogP contribution in [0.4, 0.5) is 0 Å². The van der Waals surface area contributed by atoms with Crippen LogP contribution in [0.5, 0.6) is 0 Å². The Morgan fingerprint density at radius 1 is 1.52 bits per heavy atom. The van der Waals surface area contributed by atoms with Crippen molar-refractivity contribution >= 4 is 16.0 Å². The molecule has 116 valence electrons. The van der Waals surface area contributed by atoms with Gasteiger partial charge in [-0.15, -0.1) is 13.2 Å². The summed E-state index contributed by atoms with van der Waals surface area (Å²) in [5.41, 5.74) is 0.562. The molecule has 0 aliphatic rings. The van der Waals surface area contributed by atoms with E-state index in [-0.39, 0.29) is 17.0 Å². The molecule has 1 aromatic heterocycles. The van der Waals surface area contributed by atoms with E-state index in [0.717, 1.165) is 0 Å². The molecule has 1 atom stereocenters. The maximum Gasteiger partial charge on any atom is 0.355 e. The highest BCUT2D eigenvalue weighted by molar-refractivity contribution is 7.89.